The Morgan fingerprint density at radius 2 is 2.06 bits per heavy atom. The molecule has 1 aromatic carbocycles. The maximum absolute atomic E-state index is 9.04. The van der Waals surface area contributed by atoms with Crippen LogP contribution in [0.5, 0.6) is 0 Å². The molecule has 90 valence electrons. The number of nitrogens with zero attached hydrogens (tertiary/aromatic N) is 2. The molecule has 0 unspecified atom stereocenters. The molecular weight excluding hydrogens is 212 g/mol. The van der Waals surface area contributed by atoms with E-state index in [0.29, 0.717) is 6.10 Å². The topological polar surface area (TPSA) is 36.3 Å². The van der Waals surface area contributed by atoms with Crippen molar-refractivity contribution in [1.82, 2.24) is 4.90 Å². The fourth-order valence-electron chi connectivity index (χ4n) is 2.31. The van der Waals surface area contributed by atoms with E-state index in [0.717, 1.165) is 43.6 Å². The molecule has 1 aliphatic rings. The minimum atomic E-state index is 0.414. The number of benzene rings is 1. The van der Waals surface area contributed by atoms with Gasteiger partial charge in [0.2, 0.25) is 0 Å². The zero-order valence-electron chi connectivity index (χ0n) is 10.2. The molecule has 0 amide bonds. The number of hydrogen-bond donors (Lipinski definition) is 0. The quantitative estimate of drug-likeness (QED) is 0.798. The Labute approximate surface area is 103 Å². The van der Waals surface area contributed by atoms with Gasteiger partial charge in [-0.3, -0.25) is 4.90 Å². The molecule has 0 saturated carbocycles. The van der Waals surface area contributed by atoms with E-state index in [2.05, 4.69) is 11.0 Å². The first-order valence-corrected chi connectivity index (χ1v) is 6.06. The van der Waals surface area contributed by atoms with E-state index in [-0.39, 0.29) is 0 Å². The number of rotatable bonds is 3. The van der Waals surface area contributed by atoms with Gasteiger partial charge in [0, 0.05) is 26.7 Å². The highest BCUT2D eigenvalue weighted by molar-refractivity contribution is 5.37. The standard InChI is InChI=1S/C14H18N2O/c1-17-14-6-8-16(9-7-14)11-13-5-3-2-4-12(13)10-15/h2-5,14H,6-9,11H2,1H3. The fourth-order valence-corrected chi connectivity index (χ4v) is 2.31. The zero-order valence-corrected chi connectivity index (χ0v) is 10.2. The van der Waals surface area contributed by atoms with Crippen molar-refractivity contribution in [2.24, 2.45) is 0 Å². The molecule has 1 aromatic rings. The van der Waals surface area contributed by atoms with E-state index in [1.807, 2.05) is 24.3 Å². The van der Waals surface area contributed by atoms with Gasteiger partial charge < -0.3 is 4.74 Å². The maximum Gasteiger partial charge on any atom is 0.0995 e. The predicted octanol–water partition coefficient (Wildman–Crippen LogP) is 2.17. The van der Waals surface area contributed by atoms with Gasteiger partial charge in [0.25, 0.3) is 0 Å². The van der Waals surface area contributed by atoms with Crippen molar-refractivity contribution >= 4 is 0 Å². The van der Waals surface area contributed by atoms with Crippen LogP contribution in [0.2, 0.25) is 0 Å². The van der Waals surface area contributed by atoms with E-state index in [1.165, 1.54) is 0 Å². The summed E-state index contributed by atoms with van der Waals surface area (Å²) in [5.74, 6) is 0. The number of methoxy groups -OCH3 is 1. The zero-order chi connectivity index (χ0) is 12.1. The summed E-state index contributed by atoms with van der Waals surface area (Å²) >= 11 is 0. The second-order valence-corrected chi connectivity index (χ2v) is 4.48. The van der Waals surface area contributed by atoms with Crippen LogP contribution in [0.25, 0.3) is 0 Å². The first-order valence-electron chi connectivity index (χ1n) is 6.06. The third-order valence-electron chi connectivity index (χ3n) is 3.40. The Morgan fingerprint density at radius 3 is 2.71 bits per heavy atom. The lowest BCUT2D eigenvalue weighted by atomic mass is 10.0. The van der Waals surface area contributed by atoms with E-state index < -0.39 is 0 Å². The van der Waals surface area contributed by atoms with Crippen molar-refractivity contribution in [3.05, 3.63) is 35.4 Å². The number of hydrogen-bond acceptors (Lipinski definition) is 3. The minimum Gasteiger partial charge on any atom is -0.381 e. The van der Waals surface area contributed by atoms with Crippen LogP contribution in [-0.4, -0.2) is 31.2 Å². The third-order valence-corrected chi connectivity index (χ3v) is 3.40. The second-order valence-electron chi connectivity index (χ2n) is 4.48. The number of likely N-dealkylation sites (tertiary alicyclic amines) is 1. The molecule has 0 bridgehead atoms. The van der Waals surface area contributed by atoms with Gasteiger partial charge >= 0.3 is 0 Å². The second kappa shape index (κ2) is 5.81. The molecule has 1 heterocycles. The van der Waals surface area contributed by atoms with Gasteiger partial charge in [0.05, 0.1) is 17.7 Å². The molecule has 0 spiro atoms. The average molecular weight is 230 g/mol. The molecule has 17 heavy (non-hydrogen) atoms. The van der Waals surface area contributed by atoms with Crippen LogP contribution in [-0.2, 0) is 11.3 Å². The van der Waals surface area contributed by atoms with E-state index in [9.17, 15) is 0 Å². The highest BCUT2D eigenvalue weighted by Crippen LogP contribution is 2.17. The minimum absolute atomic E-state index is 0.414. The molecule has 1 fully saturated rings. The molecule has 0 N–H and O–H groups in total. The first kappa shape index (κ1) is 12.1. The van der Waals surface area contributed by atoms with Crippen molar-refractivity contribution in [3.8, 4) is 6.07 Å². The van der Waals surface area contributed by atoms with Crippen molar-refractivity contribution < 1.29 is 4.74 Å². The van der Waals surface area contributed by atoms with Crippen LogP contribution < -0.4 is 0 Å². The van der Waals surface area contributed by atoms with Gasteiger partial charge in [-0.05, 0) is 24.5 Å². The highest BCUT2D eigenvalue weighted by Gasteiger charge is 2.19. The Bertz CT molecular complexity index is 403. The predicted molar refractivity (Wildman–Crippen MR) is 66.5 cm³/mol. The SMILES string of the molecule is COC1CCN(Cc2ccccc2C#N)CC1. The maximum atomic E-state index is 9.04. The van der Waals surface area contributed by atoms with E-state index in [1.54, 1.807) is 7.11 Å². The molecule has 0 atom stereocenters. The van der Waals surface area contributed by atoms with E-state index >= 15 is 0 Å². The van der Waals surface area contributed by atoms with Gasteiger partial charge in [-0.2, -0.15) is 5.26 Å². The molecule has 1 saturated heterocycles. The normalized spacial score (nSPS) is 17.9. The first-order chi connectivity index (χ1) is 8.33. The van der Waals surface area contributed by atoms with Crippen molar-refractivity contribution in [3.63, 3.8) is 0 Å². The molecule has 3 nitrogen and oxygen atoms in total. The Kier molecular flexibility index (Phi) is 4.13. The summed E-state index contributed by atoms with van der Waals surface area (Å²) in [5, 5.41) is 9.04. The van der Waals surface area contributed by atoms with Gasteiger partial charge in [-0.15, -0.1) is 0 Å². The van der Waals surface area contributed by atoms with Crippen LogP contribution in [0.15, 0.2) is 24.3 Å². The molecule has 3 heteroatoms. The molecule has 0 aromatic heterocycles. The number of ether oxygens (including phenoxy) is 1. The van der Waals surface area contributed by atoms with E-state index in [4.69, 9.17) is 10.00 Å². The van der Waals surface area contributed by atoms with Gasteiger partial charge in [0.1, 0.15) is 0 Å². The Balaban J connectivity index is 1.96. The average Bonchev–Trinajstić information content (AvgIpc) is 2.40. The van der Waals surface area contributed by atoms with Crippen molar-refractivity contribution in [2.75, 3.05) is 20.2 Å². The van der Waals surface area contributed by atoms with Crippen LogP contribution in [0.3, 0.4) is 0 Å². The van der Waals surface area contributed by atoms with Crippen molar-refractivity contribution in [2.45, 2.75) is 25.5 Å². The molecule has 0 radical (unpaired) electrons. The van der Waals surface area contributed by atoms with Crippen LogP contribution >= 0.6 is 0 Å². The summed E-state index contributed by atoms with van der Waals surface area (Å²) in [6.45, 7) is 2.98. The van der Waals surface area contributed by atoms with Crippen molar-refractivity contribution in [1.29, 1.82) is 5.26 Å². The lowest BCUT2D eigenvalue weighted by Gasteiger charge is -2.31. The number of nitriles is 1. The van der Waals surface area contributed by atoms with Gasteiger partial charge in [-0.25, -0.2) is 0 Å². The lowest BCUT2D eigenvalue weighted by Crippen LogP contribution is -2.36. The molecule has 0 aliphatic carbocycles. The van der Waals surface area contributed by atoms with Gasteiger partial charge in [-0.1, -0.05) is 18.2 Å². The van der Waals surface area contributed by atoms with Crippen LogP contribution in [0.1, 0.15) is 24.0 Å². The lowest BCUT2D eigenvalue weighted by molar-refractivity contribution is 0.0388. The Morgan fingerprint density at radius 1 is 1.35 bits per heavy atom. The molecule has 2 rings (SSSR count). The Hall–Kier alpha value is -1.37. The summed E-state index contributed by atoms with van der Waals surface area (Å²) in [5.41, 5.74) is 1.92. The summed E-state index contributed by atoms with van der Waals surface area (Å²) in [4.78, 5) is 2.39. The molecular formula is C14H18N2O. The third kappa shape index (κ3) is 3.06. The monoisotopic (exact) mass is 230 g/mol. The smallest absolute Gasteiger partial charge is 0.0995 e. The fraction of sp³-hybridized carbons (Fsp3) is 0.500. The molecule has 1 aliphatic heterocycles. The highest BCUT2D eigenvalue weighted by atomic mass is 16.5. The largest absolute Gasteiger partial charge is 0.381 e. The summed E-state index contributed by atoms with van der Waals surface area (Å²) in [6.07, 6.45) is 2.59. The summed E-state index contributed by atoms with van der Waals surface area (Å²) in [6, 6.07) is 10.1. The van der Waals surface area contributed by atoms with Gasteiger partial charge in [0.15, 0.2) is 0 Å². The van der Waals surface area contributed by atoms with Crippen LogP contribution in [0.4, 0.5) is 0 Å². The summed E-state index contributed by atoms with van der Waals surface area (Å²) < 4.78 is 5.36. The number of piperidine rings is 1. The van der Waals surface area contributed by atoms with Crippen LogP contribution in [0, 0.1) is 11.3 Å². The summed E-state index contributed by atoms with van der Waals surface area (Å²) in [7, 11) is 1.78.